The highest BCUT2D eigenvalue weighted by Crippen LogP contribution is 2.26. The second-order valence-electron chi connectivity index (χ2n) is 8.20. The molecule has 0 aliphatic carbocycles. The molecule has 172 valence electrons. The Morgan fingerprint density at radius 2 is 1.63 bits per heavy atom. The molecule has 5 aromatic rings. The van der Waals surface area contributed by atoms with E-state index in [0.717, 1.165) is 16.8 Å². The lowest BCUT2D eigenvalue weighted by atomic mass is 10.0. The van der Waals surface area contributed by atoms with E-state index in [1.54, 1.807) is 29.2 Å². The fourth-order valence-corrected chi connectivity index (χ4v) is 3.98. The number of hydrogen-bond donors (Lipinski definition) is 1. The molecule has 35 heavy (non-hydrogen) atoms. The molecule has 1 N–H and O–H groups in total. The van der Waals surface area contributed by atoms with E-state index in [1.807, 2.05) is 67.6 Å². The minimum absolute atomic E-state index is 0.0745. The number of aliphatic hydroxyl groups is 1. The van der Waals surface area contributed by atoms with Crippen molar-refractivity contribution in [3.63, 3.8) is 0 Å². The Morgan fingerprint density at radius 3 is 2.29 bits per heavy atom. The first-order valence-electron chi connectivity index (χ1n) is 11.3. The fourth-order valence-electron chi connectivity index (χ4n) is 3.98. The molecule has 0 amide bonds. The maximum absolute atomic E-state index is 13.5. The quantitative estimate of drug-likeness (QED) is 0.278. The molecule has 3 aromatic heterocycles. The molecule has 0 saturated heterocycles. The normalized spacial score (nSPS) is 11.8. The van der Waals surface area contributed by atoms with Crippen LogP contribution in [0.1, 0.15) is 40.0 Å². The van der Waals surface area contributed by atoms with Crippen molar-refractivity contribution >= 4 is 28.2 Å². The zero-order chi connectivity index (χ0) is 24.2. The van der Waals surface area contributed by atoms with Gasteiger partial charge in [0.25, 0.3) is 0 Å². The molecule has 3 heterocycles. The number of carbonyl (C=O) groups excluding carboxylic acids is 1. The van der Waals surface area contributed by atoms with Crippen LogP contribution in [0.2, 0.25) is 0 Å². The van der Waals surface area contributed by atoms with Gasteiger partial charge in [-0.3, -0.25) is 9.78 Å². The smallest absolute Gasteiger partial charge is 0.196 e. The molecule has 0 aliphatic heterocycles. The van der Waals surface area contributed by atoms with Crippen molar-refractivity contribution in [2.75, 3.05) is 6.61 Å². The Morgan fingerprint density at radius 1 is 0.943 bits per heavy atom. The van der Waals surface area contributed by atoms with Crippen LogP contribution in [0.4, 0.5) is 5.69 Å². The molecule has 1 atom stereocenters. The topological polar surface area (TPSA) is 93.3 Å². The average Bonchev–Trinajstić information content (AvgIpc) is 3.32. The van der Waals surface area contributed by atoms with Crippen LogP contribution in [0.15, 0.2) is 103 Å². The van der Waals surface area contributed by atoms with Crippen molar-refractivity contribution in [2.45, 2.75) is 13.0 Å². The number of ketones is 1. The monoisotopic (exact) mass is 461 g/mol. The molecule has 7 nitrogen and oxygen atoms in total. The molecule has 0 aliphatic rings. The summed E-state index contributed by atoms with van der Waals surface area (Å²) in [5, 5.41) is 10.3. The first kappa shape index (κ1) is 22.3. The van der Waals surface area contributed by atoms with Gasteiger partial charge in [0.15, 0.2) is 5.78 Å². The summed E-state index contributed by atoms with van der Waals surface area (Å²) in [4.78, 5) is 31.1. The summed E-state index contributed by atoms with van der Waals surface area (Å²) in [5.74, 6) is -0.209. The fraction of sp³-hybridized carbons (Fsp3) is 0.107. The summed E-state index contributed by atoms with van der Waals surface area (Å²) in [6.45, 7) is 1.79. The van der Waals surface area contributed by atoms with E-state index < -0.39 is 0 Å². The van der Waals surface area contributed by atoms with E-state index in [-0.39, 0.29) is 18.4 Å². The SMILES string of the molecule is C[C@@H](CO)n1cc(C(=O)c2cncc(N=C(c3ccccc3)c3ccccc3)c2)c2cncnc21. The number of pyridine rings is 1. The minimum Gasteiger partial charge on any atom is -0.394 e. The summed E-state index contributed by atoms with van der Waals surface area (Å²) in [7, 11) is 0. The van der Waals surface area contributed by atoms with Gasteiger partial charge in [-0.2, -0.15) is 0 Å². The van der Waals surface area contributed by atoms with E-state index in [9.17, 15) is 9.90 Å². The third-order valence-electron chi connectivity index (χ3n) is 5.80. The lowest BCUT2D eigenvalue weighted by Crippen LogP contribution is -2.08. The van der Waals surface area contributed by atoms with Crippen LogP contribution in [0.25, 0.3) is 11.0 Å². The summed E-state index contributed by atoms with van der Waals surface area (Å²) >= 11 is 0. The van der Waals surface area contributed by atoms with Crippen molar-refractivity contribution in [1.29, 1.82) is 0 Å². The van der Waals surface area contributed by atoms with Gasteiger partial charge in [0.1, 0.15) is 12.0 Å². The predicted molar refractivity (Wildman–Crippen MR) is 135 cm³/mol. The third kappa shape index (κ3) is 4.49. The van der Waals surface area contributed by atoms with E-state index >= 15 is 0 Å². The highest BCUT2D eigenvalue weighted by Gasteiger charge is 2.20. The van der Waals surface area contributed by atoms with Gasteiger partial charge in [0.2, 0.25) is 0 Å². The van der Waals surface area contributed by atoms with Crippen molar-refractivity contribution < 1.29 is 9.90 Å². The molecule has 0 bridgehead atoms. The van der Waals surface area contributed by atoms with E-state index in [0.29, 0.717) is 27.8 Å². The largest absolute Gasteiger partial charge is 0.394 e. The molecule has 0 spiro atoms. The van der Waals surface area contributed by atoms with Crippen LogP contribution in [-0.2, 0) is 0 Å². The molecule has 0 fully saturated rings. The first-order chi connectivity index (χ1) is 17.2. The zero-order valence-corrected chi connectivity index (χ0v) is 19.1. The number of benzene rings is 2. The van der Waals surface area contributed by atoms with Crippen molar-refractivity contribution in [3.05, 3.63) is 120 Å². The molecule has 7 heteroatoms. The van der Waals surface area contributed by atoms with Gasteiger partial charge >= 0.3 is 0 Å². The van der Waals surface area contributed by atoms with E-state index in [4.69, 9.17) is 4.99 Å². The minimum atomic E-state index is -0.234. The molecule has 2 aromatic carbocycles. The second-order valence-corrected chi connectivity index (χ2v) is 8.20. The molecular formula is C28H23N5O2. The number of rotatable bonds is 7. The van der Waals surface area contributed by atoms with Crippen LogP contribution in [0.3, 0.4) is 0 Å². The maximum atomic E-state index is 13.5. The van der Waals surface area contributed by atoms with Gasteiger partial charge in [-0.1, -0.05) is 60.7 Å². The summed E-state index contributed by atoms with van der Waals surface area (Å²) < 4.78 is 1.79. The second kappa shape index (κ2) is 9.79. The van der Waals surface area contributed by atoms with E-state index in [2.05, 4.69) is 15.0 Å². The Kier molecular flexibility index (Phi) is 6.24. The number of aromatic nitrogens is 4. The van der Waals surface area contributed by atoms with Gasteiger partial charge in [-0.15, -0.1) is 0 Å². The van der Waals surface area contributed by atoms with Crippen LogP contribution < -0.4 is 0 Å². The molecule has 0 unspecified atom stereocenters. The lowest BCUT2D eigenvalue weighted by Gasteiger charge is -2.10. The van der Waals surface area contributed by atoms with Gasteiger partial charge in [0, 0.05) is 40.7 Å². The van der Waals surface area contributed by atoms with Crippen LogP contribution >= 0.6 is 0 Å². The highest BCUT2D eigenvalue weighted by molar-refractivity contribution is 6.16. The average molecular weight is 462 g/mol. The van der Waals surface area contributed by atoms with Crippen molar-refractivity contribution in [3.8, 4) is 0 Å². The Balaban J connectivity index is 1.58. The number of carbonyl (C=O) groups is 1. The number of hydrogen-bond acceptors (Lipinski definition) is 6. The Bertz CT molecular complexity index is 1470. The molecule has 0 saturated carbocycles. The standard InChI is InChI=1S/C28H23N5O2/c1-19(17-34)33-16-25(24-15-30-18-31-28(24)33)27(35)22-12-23(14-29-13-22)32-26(20-8-4-2-5-9-20)21-10-6-3-7-11-21/h2-16,18-19,34H,17H2,1H3/t19-/m0/s1. The van der Waals surface area contributed by atoms with Gasteiger partial charge in [-0.25, -0.2) is 15.0 Å². The maximum Gasteiger partial charge on any atom is 0.196 e. The Hall–Kier alpha value is -4.49. The summed E-state index contributed by atoms with van der Waals surface area (Å²) in [6.07, 6.45) is 7.95. The van der Waals surface area contributed by atoms with Crippen LogP contribution in [0.5, 0.6) is 0 Å². The van der Waals surface area contributed by atoms with Crippen molar-refractivity contribution in [1.82, 2.24) is 19.5 Å². The molecule has 0 radical (unpaired) electrons. The van der Waals surface area contributed by atoms with Gasteiger partial charge in [-0.05, 0) is 13.0 Å². The third-order valence-corrected chi connectivity index (χ3v) is 5.80. The number of nitrogens with zero attached hydrogens (tertiary/aromatic N) is 5. The molecular weight excluding hydrogens is 438 g/mol. The molecule has 5 rings (SSSR count). The zero-order valence-electron chi connectivity index (χ0n) is 19.1. The highest BCUT2D eigenvalue weighted by atomic mass is 16.3. The van der Waals surface area contributed by atoms with E-state index in [1.165, 1.54) is 12.5 Å². The van der Waals surface area contributed by atoms with Gasteiger partial charge < -0.3 is 9.67 Å². The first-order valence-corrected chi connectivity index (χ1v) is 11.3. The van der Waals surface area contributed by atoms with Crippen LogP contribution in [-0.4, -0.2) is 42.7 Å². The number of aliphatic imine (C=N–C) groups is 1. The van der Waals surface area contributed by atoms with Crippen molar-refractivity contribution in [2.24, 2.45) is 4.99 Å². The summed E-state index contributed by atoms with van der Waals surface area (Å²) in [6, 6.07) is 21.3. The lowest BCUT2D eigenvalue weighted by molar-refractivity contribution is 0.103. The number of fused-ring (bicyclic) bond motifs is 1. The summed E-state index contributed by atoms with van der Waals surface area (Å²) in [5.41, 5.74) is 4.76. The number of aliphatic hydroxyl groups excluding tert-OH is 1. The Labute approximate surface area is 202 Å². The predicted octanol–water partition coefficient (Wildman–Crippen LogP) is 4.78. The van der Waals surface area contributed by atoms with Gasteiger partial charge in [0.05, 0.1) is 35.8 Å². The van der Waals surface area contributed by atoms with Crippen LogP contribution in [0, 0.1) is 0 Å².